The molecule has 0 aliphatic carbocycles. The average Bonchev–Trinajstić information content (AvgIpc) is 2.74. The first-order valence-corrected chi connectivity index (χ1v) is 5.22. The van der Waals surface area contributed by atoms with E-state index in [0.29, 0.717) is 5.56 Å². The number of amides is 1. The van der Waals surface area contributed by atoms with Gasteiger partial charge in [-0.3, -0.25) is 9.63 Å². The van der Waals surface area contributed by atoms with E-state index in [2.05, 4.69) is 0 Å². The summed E-state index contributed by atoms with van der Waals surface area (Å²) in [6.07, 6.45) is 1.95. The Morgan fingerprint density at radius 3 is 2.94 bits per heavy atom. The van der Waals surface area contributed by atoms with E-state index in [4.69, 9.17) is 4.84 Å². The van der Waals surface area contributed by atoms with Crippen LogP contribution in [-0.2, 0) is 9.63 Å². The van der Waals surface area contributed by atoms with Crippen LogP contribution in [-0.4, -0.2) is 35.3 Å². The van der Waals surface area contributed by atoms with E-state index in [1.165, 1.54) is 18.2 Å². The number of halogens is 1. The summed E-state index contributed by atoms with van der Waals surface area (Å²) in [6, 6.07) is 6.15. The van der Waals surface area contributed by atoms with Gasteiger partial charge in [0.1, 0.15) is 18.5 Å². The second kappa shape index (κ2) is 5.07. The normalized spacial score (nSPS) is 20.1. The Kier molecular flexibility index (Phi) is 3.51. The number of aliphatic hydroxyl groups excluding tert-OH is 1. The zero-order chi connectivity index (χ0) is 12.3. The Labute approximate surface area is 97.9 Å². The molecule has 1 amide bonds. The monoisotopic (exact) mass is 237 g/mol. The van der Waals surface area contributed by atoms with Crippen molar-refractivity contribution in [3.8, 4) is 0 Å². The van der Waals surface area contributed by atoms with Crippen LogP contribution in [0, 0.1) is 5.82 Å². The quantitative estimate of drug-likeness (QED) is 0.780. The van der Waals surface area contributed by atoms with Crippen LogP contribution in [0.25, 0.3) is 6.08 Å². The van der Waals surface area contributed by atoms with Crippen molar-refractivity contribution in [3.63, 3.8) is 0 Å². The molecule has 0 radical (unpaired) electrons. The molecule has 1 aliphatic rings. The van der Waals surface area contributed by atoms with Crippen molar-refractivity contribution in [2.75, 3.05) is 13.2 Å². The molecule has 4 nitrogen and oxygen atoms in total. The van der Waals surface area contributed by atoms with Crippen molar-refractivity contribution in [1.29, 1.82) is 0 Å². The molecule has 1 atom stereocenters. The molecule has 1 aromatic carbocycles. The lowest BCUT2D eigenvalue weighted by Gasteiger charge is -2.10. The van der Waals surface area contributed by atoms with Crippen molar-refractivity contribution in [1.82, 2.24) is 5.06 Å². The van der Waals surface area contributed by atoms with Gasteiger partial charge in [-0.1, -0.05) is 18.2 Å². The highest BCUT2D eigenvalue weighted by Gasteiger charge is 2.24. The number of benzene rings is 1. The minimum absolute atomic E-state index is 0.110. The number of nitrogens with zero attached hydrogens (tertiary/aromatic N) is 1. The van der Waals surface area contributed by atoms with Gasteiger partial charge in [-0.25, -0.2) is 9.45 Å². The van der Waals surface area contributed by atoms with E-state index in [1.54, 1.807) is 18.2 Å². The lowest BCUT2D eigenvalue weighted by atomic mass is 10.2. The predicted octanol–water partition coefficient (Wildman–Crippen LogP) is 0.974. The lowest BCUT2D eigenvalue weighted by molar-refractivity contribution is -0.162. The van der Waals surface area contributed by atoms with Crippen LogP contribution in [0.15, 0.2) is 30.3 Å². The largest absolute Gasteiger partial charge is 0.389 e. The fraction of sp³-hybridized carbons (Fsp3) is 0.250. The maximum Gasteiger partial charge on any atom is 0.270 e. The number of β-amino-alcohol motifs (C(OH)–C–C–N with tert-alkyl or cyclic N) is 1. The smallest absolute Gasteiger partial charge is 0.270 e. The van der Waals surface area contributed by atoms with Crippen molar-refractivity contribution in [3.05, 3.63) is 41.7 Å². The second-order valence-electron chi connectivity index (χ2n) is 3.70. The van der Waals surface area contributed by atoms with Crippen LogP contribution in [0.1, 0.15) is 5.56 Å². The van der Waals surface area contributed by atoms with Crippen LogP contribution in [0.2, 0.25) is 0 Å². The van der Waals surface area contributed by atoms with E-state index >= 15 is 0 Å². The summed E-state index contributed by atoms with van der Waals surface area (Å²) < 4.78 is 13.2. The number of aliphatic hydroxyl groups is 1. The molecule has 1 fully saturated rings. The minimum Gasteiger partial charge on any atom is -0.389 e. The van der Waals surface area contributed by atoms with Crippen molar-refractivity contribution >= 4 is 12.0 Å². The number of rotatable bonds is 2. The average molecular weight is 237 g/mol. The Hall–Kier alpha value is -1.72. The summed E-state index contributed by atoms with van der Waals surface area (Å²) in [5.41, 5.74) is 0.334. The van der Waals surface area contributed by atoms with Crippen LogP contribution in [0.4, 0.5) is 4.39 Å². The first-order valence-electron chi connectivity index (χ1n) is 5.22. The number of carbonyl (C=O) groups excluding carboxylic acids is 1. The molecule has 1 heterocycles. The third-order valence-electron chi connectivity index (χ3n) is 2.36. The molecule has 17 heavy (non-hydrogen) atoms. The second-order valence-corrected chi connectivity index (χ2v) is 3.70. The van der Waals surface area contributed by atoms with Gasteiger partial charge < -0.3 is 5.11 Å². The first kappa shape index (κ1) is 11.8. The van der Waals surface area contributed by atoms with Gasteiger partial charge in [0.15, 0.2) is 0 Å². The standard InChI is InChI=1S/C12H12FNO3/c13-11-4-2-1-3-9(11)5-6-12(16)14-7-10(15)8-17-14/h1-6,10,15H,7-8H2/b6-5+/t10-/m1/s1. The van der Waals surface area contributed by atoms with Crippen molar-refractivity contribution in [2.45, 2.75) is 6.10 Å². The molecule has 2 rings (SSSR count). The van der Waals surface area contributed by atoms with Gasteiger partial charge in [-0.15, -0.1) is 0 Å². The summed E-state index contributed by atoms with van der Waals surface area (Å²) >= 11 is 0. The molecule has 1 saturated heterocycles. The van der Waals surface area contributed by atoms with E-state index in [0.717, 1.165) is 5.06 Å². The molecular formula is C12H12FNO3. The zero-order valence-electron chi connectivity index (χ0n) is 9.04. The predicted molar refractivity (Wildman–Crippen MR) is 59.1 cm³/mol. The van der Waals surface area contributed by atoms with Gasteiger partial charge in [-0.05, 0) is 12.1 Å². The summed E-state index contributed by atoms with van der Waals surface area (Å²) in [6.45, 7) is 0.250. The highest BCUT2D eigenvalue weighted by Crippen LogP contribution is 2.10. The van der Waals surface area contributed by atoms with Gasteiger partial charge in [-0.2, -0.15) is 0 Å². The maximum absolute atomic E-state index is 13.2. The van der Waals surface area contributed by atoms with Gasteiger partial charge in [0, 0.05) is 11.6 Å². The fourth-order valence-corrected chi connectivity index (χ4v) is 1.48. The van der Waals surface area contributed by atoms with E-state index in [9.17, 15) is 14.3 Å². The third-order valence-corrected chi connectivity index (χ3v) is 2.36. The lowest BCUT2D eigenvalue weighted by Crippen LogP contribution is -2.26. The summed E-state index contributed by atoms with van der Waals surface area (Å²) in [5, 5.41) is 10.2. The molecule has 0 saturated carbocycles. The van der Waals surface area contributed by atoms with Crippen LogP contribution < -0.4 is 0 Å². The zero-order valence-corrected chi connectivity index (χ0v) is 9.04. The summed E-state index contributed by atoms with van der Waals surface area (Å²) in [7, 11) is 0. The Morgan fingerprint density at radius 1 is 1.53 bits per heavy atom. The molecule has 1 aliphatic heterocycles. The number of hydrogen-bond donors (Lipinski definition) is 1. The SMILES string of the molecule is O=C(/C=C/c1ccccc1F)N1C[C@@H](O)CO1. The number of hydrogen-bond acceptors (Lipinski definition) is 3. The molecule has 1 aromatic rings. The minimum atomic E-state index is -0.652. The van der Waals surface area contributed by atoms with E-state index in [1.807, 2.05) is 0 Å². The summed E-state index contributed by atoms with van der Waals surface area (Å²) in [5.74, 6) is -0.802. The number of hydroxylamine groups is 2. The molecule has 90 valence electrons. The molecule has 1 N–H and O–H groups in total. The highest BCUT2D eigenvalue weighted by molar-refractivity contribution is 5.91. The van der Waals surface area contributed by atoms with Gasteiger partial charge in [0.25, 0.3) is 5.91 Å². The molecule has 0 aromatic heterocycles. The Morgan fingerprint density at radius 2 is 2.29 bits per heavy atom. The highest BCUT2D eigenvalue weighted by atomic mass is 19.1. The van der Waals surface area contributed by atoms with Gasteiger partial charge in [0.05, 0.1) is 6.54 Å². The Bertz CT molecular complexity index is 447. The summed E-state index contributed by atoms with van der Waals surface area (Å²) in [4.78, 5) is 16.5. The van der Waals surface area contributed by atoms with Crippen molar-refractivity contribution < 1.29 is 19.1 Å². The van der Waals surface area contributed by atoms with Crippen LogP contribution in [0.5, 0.6) is 0 Å². The van der Waals surface area contributed by atoms with Crippen LogP contribution >= 0.6 is 0 Å². The molecular weight excluding hydrogens is 225 g/mol. The van der Waals surface area contributed by atoms with Crippen molar-refractivity contribution in [2.24, 2.45) is 0 Å². The first-order chi connectivity index (χ1) is 8.16. The van der Waals surface area contributed by atoms with E-state index in [-0.39, 0.29) is 19.0 Å². The Balaban J connectivity index is 2.01. The number of carbonyl (C=O) groups is 1. The molecule has 5 heteroatoms. The van der Waals surface area contributed by atoms with Crippen LogP contribution in [0.3, 0.4) is 0 Å². The molecule has 0 spiro atoms. The fourth-order valence-electron chi connectivity index (χ4n) is 1.48. The topological polar surface area (TPSA) is 49.8 Å². The molecule has 0 bridgehead atoms. The van der Waals surface area contributed by atoms with E-state index < -0.39 is 12.0 Å². The van der Waals surface area contributed by atoms with Gasteiger partial charge in [0.2, 0.25) is 0 Å². The third kappa shape index (κ3) is 2.89. The maximum atomic E-state index is 13.2. The van der Waals surface area contributed by atoms with Gasteiger partial charge >= 0.3 is 0 Å². The molecule has 0 unspecified atom stereocenters.